The van der Waals surface area contributed by atoms with Gasteiger partial charge >= 0.3 is 0 Å². The van der Waals surface area contributed by atoms with Gasteiger partial charge in [0, 0.05) is 6.07 Å². The molecule has 1 rings (SSSR count). The van der Waals surface area contributed by atoms with Gasteiger partial charge in [-0.3, -0.25) is 0 Å². The monoisotopic (exact) mass is 143 g/mol. The third kappa shape index (κ3) is 1.30. The summed E-state index contributed by atoms with van der Waals surface area (Å²) in [6.45, 7) is -0.298. The maximum absolute atomic E-state index is 12.2. The van der Waals surface area contributed by atoms with Crippen LogP contribution in [0.5, 0.6) is 0 Å². The molecule has 0 amide bonds. The summed E-state index contributed by atoms with van der Waals surface area (Å²) in [5.74, 6) is -2.00. The molecule has 1 N–H and O–H groups in total. The minimum Gasteiger partial charge on any atom is -0.392 e. The van der Waals surface area contributed by atoms with Gasteiger partial charge in [-0.1, -0.05) is 0 Å². The van der Waals surface area contributed by atoms with Crippen molar-refractivity contribution in [2.24, 2.45) is 0 Å². The summed E-state index contributed by atoms with van der Waals surface area (Å²) in [4.78, 5) is 0. The molecule has 1 nitrogen and oxygen atoms in total. The van der Waals surface area contributed by atoms with Crippen molar-refractivity contribution in [3.63, 3.8) is 0 Å². The minimum atomic E-state index is -1.02. The standard InChI is InChI=1S/C7H5F2O/c8-6-2-1-5(4-10)3-7(6)9/h1,3,10H,4H2. The van der Waals surface area contributed by atoms with Gasteiger partial charge in [-0.25, -0.2) is 8.78 Å². The first-order valence-electron chi connectivity index (χ1n) is 2.70. The van der Waals surface area contributed by atoms with Crippen molar-refractivity contribution in [1.82, 2.24) is 0 Å². The third-order valence-electron chi connectivity index (χ3n) is 1.09. The van der Waals surface area contributed by atoms with Crippen molar-refractivity contribution in [3.8, 4) is 0 Å². The van der Waals surface area contributed by atoms with Crippen LogP contribution in [-0.2, 0) is 6.61 Å². The molecule has 0 aliphatic rings. The molecule has 0 atom stereocenters. The summed E-state index contributed by atoms with van der Waals surface area (Å²) in [6, 6.07) is 4.16. The number of rotatable bonds is 1. The fourth-order valence-corrected chi connectivity index (χ4v) is 0.584. The molecule has 0 aliphatic carbocycles. The number of hydrogen-bond acceptors (Lipinski definition) is 1. The van der Waals surface area contributed by atoms with Crippen molar-refractivity contribution in [1.29, 1.82) is 0 Å². The predicted octanol–water partition coefficient (Wildman–Crippen LogP) is 1.26. The van der Waals surface area contributed by atoms with Gasteiger partial charge in [0.25, 0.3) is 0 Å². The van der Waals surface area contributed by atoms with E-state index >= 15 is 0 Å². The van der Waals surface area contributed by atoms with Crippen LogP contribution in [0.15, 0.2) is 12.1 Å². The van der Waals surface area contributed by atoms with Crippen LogP contribution in [-0.4, -0.2) is 5.11 Å². The lowest BCUT2D eigenvalue weighted by Crippen LogP contribution is -1.88. The lowest BCUT2D eigenvalue weighted by Gasteiger charge is -1.94. The van der Waals surface area contributed by atoms with Crippen LogP contribution in [0.1, 0.15) is 5.56 Å². The van der Waals surface area contributed by atoms with Crippen LogP contribution in [0.3, 0.4) is 0 Å². The highest BCUT2D eigenvalue weighted by Gasteiger charge is 2.00. The first-order valence-corrected chi connectivity index (χ1v) is 2.70. The summed E-state index contributed by atoms with van der Waals surface area (Å²) in [6.07, 6.45) is 0. The van der Waals surface area contributed by atoms with Gasteiger partial charge in [-0.05, 0) is 17.7 Å². The third-order valence-corrected chi connectivity index (χ3v) is 1.09. The normalized spacial score (nSPS) is 9.90. The molecule has 0 bridgehead atoms. The van der Waals surface area contributed by atoms with E-state index in [0.29, 0.717) is 5.56 Å². The van der Waals surface area contributed by atoms with Crippen LogP contribution in [0.2, 0.25) is 0 Å². The molecule has 0 saturated heterocycles. The van der Waals surface area contributed by atoms with Crippen LogP contribution >= 0.6 is 0 Å². The summed E-state index contributed by atoms with van der Waals surface area (Å²) in [5.41, 5.74) is 0.318. The van der Waals surface area contributed by atoms with Crippen molar-refractivity contribution in [2.45, 2.75) is 6.61 Å². The molecule has 1 aromatic rings. The van der Waals surface area contributed by atoms with E-state index in [2.05, 4.69) is 0 Å². The Balaban J connectivity index is 3.04. The molecule has 1 radical (unpaired) electrons. The van der Waals surface area contributed by atoms with Gasteiger partial charge < -0.3 is 5.11 Å². The molecule has 0 aliphatic heterocycles. The Labute approximate surface area is 56.9 Å². The van der Waals surface area contributed by atoms with Crippen molar-refractivity contribution >= 4 is 0 Å². The Kier molecular flexibility index (Phi) is 1.97. The molecule has 1 aromatic carbocycles. The first kappa shape index (κ1) is 7.15. The highest BCUT2D eigenvalue weighted by molar-refractivity contribution is 5.15. The van der Waals surface area contributed by atoms with Crippen LogP contribution in [0.25, 0.3) is 0 Å². The van der Waals surface area contributed by atoms with E-state index in [9.17, 15) is 8.78 Å². The fraction of sp³-hybridized carbons (Fsp3) is 0.143. The van der Waals surface area contributed by atoms with Gasteiger partial charge in [0.2, 0.25) is 0 Å². The molecular weight excluding hydrogens is 138 g/mol. The summed E-state index contributed by atoms with van der Waals surface area (Å²) >= 11 is 0. The Hall–Kier alpha value is -0.960. The van der Waals surface area contributed by atoms with E-state index in [4.69, 9.17) is 5.11 Å². The molecule has 0 aromatic heterocycles. The Morgan fingerprint density at radius 2 is 2.20 bits per heavy atom. The molecule has 0 heterocycles. The highest BCUT2D eigenvalue weighted by atomic mass is 19.2. The zero-order valence-electron chi connectivity index (χ0n) is 5.06. The zero-order valence-corrected chi connectivity index (χ0v) is 5.06. The van der Waals surface area contributed by atoms with Crippen LogP contribution < -0.4 is 0 Å². The van der Waals surface area contributed by atoms with Gasteiger partial charge in [0.15, 0.2) is 11.6 Å². The van der Waals surface area contributed by atoms with E-state index in [1.165, 1.54) is 6.07 Å². The number of aliphatic hydroxyl groups is 1. The molecular formula is C7H5F2O. The Bertz CT molecular complexity index is 235. The van der Waals surface area contributed by atoms with Crippen LogP contribution in [0.4, 0.5) is 8.78 Å². The maximum Gasteiger partial charge on any atom is 0.166 e. The highest BCUT2D eigenvalue weighted by Crippen LogP contribution is 2.07. The smallest absolute Gasteiger partial charge is 0.166 e. The molecule has 0 unspecified atom stereocenters. The van der Waals surface area contributed by atoms with Crippen molar-refractivity contribution in [2.75, 3.05) is 0 Å². The zero-order chi connectivity index (χ0) is 7.56. The summed E-state index contributed by atoms with van der Waals surface area (Å²) < 4.78 is 24.4. The molecule has 0 saturated carbocycles. The lowest BCUT2D eigenvalue weighted by molar-refractivity contribution is 0.280. The number of aliphatic hydroxyl groups excluding tert-OH is 1. The van der Waals surface area contributed by atoms with E-state index < -0.39 is 11.6 Å². The molecule has 53 valence electrons. The second-order valence-corrected chi connectivity index (χ2v) is 1.83. The Morgan fingerprint density at radius 3 is 2.70 bits per heavy atom. The topological polar surface area (TPSA) is 20.2 Å². The van der Waals surface area contributed by atoms with E-state index in [0.717, 1.165) is 6.07 Å². The van der Waals surface area contributed by atoms with Crippen molar-refractivity contribution < 1.29 is 13.9 Å². The van der Waals surface area contributed by atoms with E-state index in [-0.39, 0.29) is 6.61 Å². The number of benzene rings is 1. The largest absolute Gasteiger partial charge is 0.392 e. The Morgan fingerprint density at radius 1 is 1.50 bits per heavy atom. The number of hydrogen-bond donors (Lipinski definition) is 1. The van der Waals surface area contributed by atoms with E-state index in [1.54, 1.807) is 0 Å². The lowest BCUT2D eigenvalue weighted by atomic mass is 10.2. The molecule has 0 spiro atoms. The molecule has 0 fully saturated rings. The van der Waals surface area contributed by atoms with Gasteiger partial charge in [0.05, 0.1) is 6.61 Å². The van der Waals surface area contributed by atoms with Gasteiger partial charge in [-0.15, -0.1) is 0 Å². The van der Waals surface area contributed by atoms with Gasteiger partial charge in [-0.2, -0.15) is 0 Å². The minimum absolute atomic E-state index is 0.298. The summed E-state index contributed by atoms with van der Waals surface area (Å²) in [7, 11) is 0. The van der Waals surface area contributed by atoms with Crippen molar-refractivity contribution in [3.05, 3.63) is 35.4 Å². The average molecular weight is 143 g/mol. The molecule has 10 heavy (non-hydrogen) atoms. The average Bonchev–Trinajstić information content (AvgIpc) is 1.95. The predicted molar refractivity (Wildman–Crippen MR) is 31.1 cm³/mol. The van der Waals surface area contributed by atoms with Crippen LogP contribution in [0, 0.1) is 17.7 Å². The van der Waals surface area contributed by atoms with E-state index in [1.807, 2.05) is 6.07 Å². The quantitative estimate of drug-likeness (QED) is 0.627. The SMILES string of the molecule is OCc1c[c]c(F)c(F)c1. The first-order chi connectivity index (χ1) is 4.74. The van der Waals surface area contributed by atoms with Gasteiger partial charge in [0.1, 0.15) is 0 Å². The fourth-order valence-electron chi connectivity index (χ4n) is 0.584. The molecule has 3 heteroatoms. The number of halogens is 2. The second-order valence-electron chi connectivity index (χ2n) is 1.83. The maximum atomic E-state index is 12.2. The second kappa shape index (κ2) is 2.75. The summed E-state index contributed by atoms with van der Waals surface area (Å²) in [5, 5.41) is 8.44.